The van der Waals surface area contributed by atoms with E-state index in [4.69, 9.17) is 0 Å². The van der Waals surface area contributed by atoms with E-state index in [1.807, 2.05) is 0 Å². The van der Waals surface area contributed by atoms with E-state index in [1.165, 1.54) is 5.57 Å². The minimum atomic E-state index is 0.195. The molecule has 0 saturated heterocycles. The molecule has 1 nitrogen and oxygen atoms in total. The molecule has 0 fully saturated rings. The average Bonchev–Trinajstić information content (AvgIpc) is 2.02. The van der Waals surface area contributed by atoms with Crippen molar-refractivity contribution in [1.29, 1.82) is 0 Å². The maximum atomic E-state index is 11.9. The minimum absolute atomic E-state index is 0.195. The molecule has 1 heteroatoms. The SMILES string of the molecule is CCCC1=C(CC)C(=O)CC(C)(C)C1. The van der Waals surface area contributed by atoms with Gasteiger partial charge in [-0.3, -0.25) is 4.79 Å². The largest absolute Gasteiger partial charge is 0.295 e. The molecule has 0 aromatic heterocycles. The monoisotopic (exact) mass is 194 g/mol. The Bertz CT molecular complexity index is 258. The van der Waals surface area contributed by atoms with Crippen molar-refractivity contribution >= 4 is 5.78 Å². The molecule has 1 rings (SSSR count). The highest BCUT2D eigenvalue weighted by molar-refractivity contribution is 5.97. The van der Waals surface area contributed by atoms with Crippen molar-refractivity contribution in [1.82, 2.24) is 0 Å². The van der Waals surface area contributed by atoms with Gasteiger partial charge in [-0.05, 0) is 30.3 Å². The second-order valence-corrected chi connectivity index (χ2v) is 5.13. The van der Waals surface area contributed by atoms with Crippen molar-refractivity contribution in [3.05, 3.63) is 11.1 Å². The third-order valence-electron chi connectivity index (χ3n) is 3.00. The number of hydrogen-bond donors (Lipinski definition) is 0. The van der Waals surface area contributed by atoms with Gasteiger partial charge in [-0.1, -0.05) is 39.7 Å². The van der Waals surface area contributed by atoms with Gasteiger partial charge in [-0.2, -0.15) is 0 Å². The van der Waals surface area contributed by atoms with Crippen LogP contribution in [-0.2, 0) is 4.79 Å². The van der Waals surface area contributed by atoms with E-state index in [9.17, 15) is 4.79 Å². The Hall–Kier alpha value is -0.590. The zero-order valence-corrected chi connectivity index (χ0v) is 9.94. The van der Waals surface area contributed by atoms with Gasteiger partial charge in [0.1, 0.15) is 0 Å². The fourth-order valence-corrected chi connectivity index (χ4v) is 2.47. The molecule has 14 heavy (non-hydrogen) atoms. The molecule has 0 saturated carbocycles. The van der Waals surface area contributed by atoms with Crippen LogP contribution in [0.5, 0.6) is 0 Å². The van der Waals surface area contributed by atoms with Gasteiger partial charge < -0.3 is 0 Å². The molecular formula is C13H22O. The van der Waals surface area contributed by atoms with E-state index < -0.39 is 0 Å². The Morgan fingerprint density at radius 2 is 1.86 bits per heavy atom. The van der Waals surface area contributed by atoms with Gasteiger partial charge in [0, 0.05) is 6.42 Å². The third-order valence-corrected chi connectivity index (χ3v) is 3.00. The van der Waals surface area contributed by atoms with Crippen molar-refractivity contribution in [2.45, 2.75) is 59.8 Å². The van der Waals surface area contributed by atoms with Crippen LogP contribution in [0.1, 0.15) is 59.8 Å². The number of carbonyl (C=O) groups excluding carboxylic acids is 1. The Morgan fingerprint density at radius 1 is 1.21 bits per heavy atom. The average molecular weight is 194 g/mol. The molecule has 1 aliphatic rings. The second-order valence-electron chi connectivity index (χ2n) is 5.13. The van der Waals surface area contributed by atoms with E-state index in [0.29, 0.717) is 5.78 Å². The van der Waals surface area contributed by atoms with Crippen LogP contribution in [-0.4, -0.2) is 5.78 Å². The zero-order valence-electron chi connectivity index (χ0n) is 9.94. The van der Waals surface area contributed by atoms with Crippen molar-refractivity contribution in [2.75, 3.05) is 0 Å². The van der Waals surface area contributed by atoms with E-state index in [1.54, 1.807) is 0 Å². The summed E-state index contributed by atoms with van der Waals surface area (Å²) in [7, 11) is 0. The summed E-state index contributed by atoms with van der Waals surface area (Å²) in [5.74, 6) is 0.396. The lowest BCUT2D eigenvalue weighted by Crippen LogP contribution is -2.25. The summed E-state index contributed by atoms with van der Waals surface area (Å²) < 4.78 is 0. The lowest BCUT2D eigenvalue weighted by molar-refractivity contribution is -0.118. The Balaban J connectivity index is 2.95. The van der Waals surface area contributed by atoms with E-state index in [-0.39, 0.29) is 5.41 Å². The highest BCUT2D eigenvalue weighted by atomic mass is 16.1. The smallest absolute Gasteiger partial charge is 0.159 e. The predicted molar refractivity (Wildman–Crippen MR) is 60.2 cm³/mol. The molecule has 0 bridgehead atoms. The van der Waals surface area contributed by atoms with Gasteiger partial charge in [-0.15, -0.1) is 0 Å². The topological polar surface area (TPSA) is 17.1 Å². The van der Waals surface area contributed by atoms with Crippen LogP contribution in [0.4, 0.5) is 0 Å². The first kappa shape index (κ1) is 11.5. The van der Waals surface area contributed by atoms with Crippen LogP contribution in [0.25, 0.3) is 0 Å². The molecular weight excluding hydrogens is 172 g/mol. The van der Waals surface area contributed by atoms with Gasteiger partial charge in [0.2, 0.25) is 0 Å². The van der Waals surface area contributed by atoms with Gasteiger partial charge >= 0.3 is 0 Å². The maximum absolute atomic E-state index is 11.9. The molecule has 80 valence electrons. The number of hydrogen-bond acceptors (Lipinski definition) is 1. The van der Waals surface area contributed by atoms with Crippen LogP contribution in [0.2, 0.25) is 0 Å². The molecule has 0 spiro atoms. The minimum Gasteiger partial charge on any atom is -0.295 e. The first-order valence-electron chi connectivity index (χ1n) is 5.74. The summed E-state index contributed by atoms with van der Waals surface area (Å²) >= 11 is 0. The summed E-state index contributed by atoms with van der Waals surface area (Å²) in [6.07, 6.45) is 5.05. The Morgan fingerprint density at radius 3 is 2.36 bits per heavy atom. The molecule has 0 aliphatic heterocycles. The van der Waals surface area contributed by atoms with E-state index in [2.05, 4.69) is 27.7 Å². The number of allylic oxidation sites excluding steroid dienone is 2. The molecule has 0 N–H and O–H groups in total. The first-order valence-corrected chi connectivity index (χ1v) is 5.74. The first-order chi connectivity index (χ1) is 6.50. The highest BCUT2D eigenvalue weighted by Gasteiger charge is 2.31. The van der Waals surface area contributed by atoms with E-state index >= 15 is 0 Å². The number of Topliss-reactive ketones (excluding diaryl/α,β-unsaturated/α-hetero) is 1. The zero-order chi connectivity index (χ0) is 10.8. The molecule has 0 radical (unpaired) electrons. The number of rotatable bonds is 3. The molecule has 0 heterocycles. The highest BCUT2D eigenvalue weighted by Crippen LogP contribution is 2.39. The molecule has 0 amide bonds. The lowest BCUT2D eigenvalue weighted by atomic mass is 9.72. The van der Waals surface area contributed by atoms with Gasteiger partial charge in [0.25, 0.3) is 0 Å². The van der Waals surface area contributed by atoms with Gasteiger partial charge in [0.15, 0.2) is 5.78 Å². The fraction of sp³-hybridized carbons (Fsp3) is 0.769. The summed E-state index contributed by atoms with van der Waals surface area (Å²) in [5.41, 5.74) is 2.75. The lowest BCUT2D eigenvalue weighted by Gasteiger charge is -2.32. The predicted octanol–water partition coefficient (Wildman–Crippen LogP) is 3.88. The summed E-state index contributed by atoms with van der Waals surface area (Å²) in [5, 5.41) is 0. The van der Waals surface area contributed by atoms with Crippen LogP contribution >= 0.6 is 0 Å². The molecule has 0 atom stereocenters. The van der Waals surface area contributed by atoms with Crippen molar-refractivity contribution in [3.8, 4) is 0 Å². The quantitative estimate of drug-likeness (QED) is 0.666. The van der Waals surface area contributed by atoms with E-state index in [0.717, 1.165) is 37.7 Å². The van der Waals surface area contributed by atoms with Crippen LogP contribution in [0, 0.1) is 5.41 Å². The molecule has 1 aliphatic carbocycles. The fourth-order valence-electron chi connectivity index (χ4n) is 2.47. The Kier molecular flexibility index (Phi) is 3.52. The van der Waals surface area contributed by atoms with Crippen molar-refractivity contribution < 1.29 is 4.79 Å². The van der Waals surface area contributed by atoms with Crippen LogP contribution < -0.4 is 0 Å². The van der Waals surface area contributed by atoms with Gasteiger partial charge in [-0.25, -0.2) is 0 Å². The number of carbonyl (C=O) groups is 1. The molecule has 0 aromatic rings. The third kappa shape index (κ3) is 2.46. The normalized spacial score (nSPS) is 21.6. The molecule has 0 unspecified atom stereocenters. The van der Waals surface area contributed by atoms with Crippen LogP contribution in [0.3, 0.4) is 0 Å². The number of ketones is 1. The van der Waals surface area contributed by atoms with Gasteiger partial charge in [0.05, 0.1) is 0 Å². The van der Waals surface area contributed by atoms with Crippen molar-refractivity contribution in [2.24, 2.45) is 5.41 Å². The van der Waals surface area contributed by atoms with Crippen molar-refractivity contribution in [3.63, 3.8) is 0 Å². The second kappa shape index (κ2) is 4.29. The summed E-state index contributed by atoms with van der Waals surface area (Å²) in [6.45, 7) is 8.69. The van der Waals surface area contributed by atoms with Crippen LogP contribution in [0.15, 0.2) is 11.1 Å². The Labute approximate surface area is 87.6 Å². The summed E-state index contributed by atoms with van der Waals surface area (Å²) in [6, 6.07) is 0. The summed E-state index contributed by atoms with van der Waals surface area (Å²) in [4.78, 5) is 11.9. The molecule has 0 aromatic carbocycles. The standard InChI is InChI=1S/C13H22O/c1-5-7-10-8-13(3,4)9-12(14)11(10)6-2/h5-9H2,1-4H3. The maximum Gasteiger partial charge on any atom is 0.159 e.